The van der Waals surface area contributed by atoms with Gasteiger partial charge in [-0.05, 0) is 31.9 Å². The molecular formula is C19H20N2OS2. The van der Waals surface area contributed by atoms with E-state index in [2.05, 4.69) is 40.7 Å². The maximum Gasteiger partial charge on any atom is 0.174 e. The fraction of sp³-hybridized carbons (Fsp3) is 0.263. The number of benzene rings is 1. The summed E-state index contributed by atoms with van der Waals surface area (Å²) in [6.45, 7) is 5.01. The summed E-state index contributed by atoms with van der Waals surface area (Å²) in [5.41, 5.74) is 4.36. The average Bonchev–Trinajstić information content (AvgIpc) is 3.21. The first-order valence-corrected chi connectivity index (χ1v) is 9.78. The number of aromatic nitrogens is 2. The monoisotopic (exact) mass is 356 g/mol. The van der Waals surface area contributed by atoms with Crippen molar-refractivity contribution in [1.29, 1.82) is 0 Å². The van der Waals surface area contributed by atoms with Crippen LogP contribution < -0.4 is 0 Å². The molecule has 0 radical (unpaired) electrons. The highest BCUT2D eigenvalue weighted by atomic mass is 32.2. The number of nitrogens with zero attached hydrogens (tertiary/aromatic N) is 2. The van der Waals surface area contributed by atoms with Gasteiger partial charge in [-0.3, -0.25) is 4.79 Å². The summed E-state index contributed by atoms with van der Waals surface area (Å²) in [7, 11) is 0. The van der Waals surface area contributed by atoms with Gasteiger partial charge in [-0.15, -0.1) is 11.3 Å². The van der Waals surface area contributed by atoms with Gasteiger partial charge in [0.15, 0.2) is 5.78 Å². The largest absolute Gasteiger partial charge is 0.348 e. The average molecular weight is 357 g/mol. The number of hydrogen-bond acceptors (Lipinski definition) is 4. The summed E-state index contributed by atoms with van der Waals surface area (Å²) in [5.74, 6) is 0.616. The molecule has 3 aromatic rings. The Labute approximate surface area is 150 Å². The number of carbonyl (C=O) groups is 1. The molecule has 0 spiro atoms. The van der Waals surface area contributed by atoms with E-state index in [-0.39, 0.29) is 5.78 Å². The Morgan fingerprint density at radius 1 is 1.25 bits per heavy atom. The quantitative estimate of drug-likeness (QED) is 0.451. The summed E-state index contributed by atoms with van der Waals surface area (Å²) in [5, 5.41) is 1.93. The third-order valence-electron chi connectivity index (χ3n) is 4.08. The van der Waals surface area contributed by atoms with E-state index >= 15 is 0 Å². The zero-order chi connectivity index (χ0) is 16.9. The van der Waals surface area contributed by atoms with E-state index in [1.807, 2.05) is 24.4 Å². The van der Waals surface area contributed by atoms with Gasteiger partial charge in [0.2, 0.25) is 0 Å². The summed E-state index contributed by atoms with van der Waals surface area (Å²) >= 11 is 3.09. The molecule has 2 aromatic heterocycles. The highest BCUT2D eigenvalue weighted by molar-refractivity contribution is 8.01. The van der Waals surface area contributed by atoms with Gasteiger partial charge >= 0.3 is 0 Å². The van der Waals surface area contributed by atoms with Crippen LogP contribution in [0.4, 0.5) is 0 Å². The SMILES string of the molecule is Cc1cc(C(=O)CSc2nccs2)c(C)n1CCc1ccccc1. The number of rotatable bonds is 7. The van der Waals surface area contributed by atoms with Gasteiger partial charge < -0.3 is 4.57 Å². The number of thiazole rings is 1. The maximum atomic E-state index is 12.5. The number of Topliss-reactive ketones (excluding diaryl/α,β-unsaturated/α-hetero) is 1. The van der Waals surface area contributed by atoms with Crippen LogP contribution in [0.15, 0.2) is 52.3 Å². The van der Waals surface area contributed by atoms with Crippen LogP contribution in [-0.4, -0.2) is 21.1 Å². The van der Waals surface area contributed by atoms with Gasteiger partial charge in [0.05, 0.1) is 5.75 Å². The molecular weight excluding hydrogens is 336 g/mol. The number of carbonyl (C=O) groups excluding carboxylic acids is 1. The number of thioether (sulfide) groups is 1. The molecule has 1 aromatic carbocycles. The Kier molecular flexibility index (Phi) is 5.53. The number of aryl methyl sites for hydroxylation is 2. The van der Waals surface area contributed by atoms with Crippen molar-refractivity contribution >= 4 is 28.9 Å². The molecule has 0 amide bonds. The predicted molar refractivity (Wildman–Crippen MR) is 101 cm³/mol. The van der Waals surface area contributed by atoms with Crippen LogP contribution in [0, 0.1) is 13.8 Å². The van der Waals surface area contributed by atoms with Crippen molar-refractivity contribution in [1.82, 2.24) is 9.55 Å². The molecule has 0 fully saturated rings. The summed E-state index contributed by atoms with van der Waals surface area (Å²) in [6, 6.07) is 12.5. The van der Waals surface area contributed by atoms with Gasteiger partial charge in [0.25, 0.3) is 0 Å². The molecule has 0 saturated heterocycles. The van der Waals surface area contributed by atoms with Crippen molar-refractivity contribution in [3.05, 3.63) is 70.5 Å². The Bertz CT molecular complexity index is 808. The Morgan fingerprint density at radius 3 is 2.75 bits per heavy atom. The van der Waals surface area contributed by atoms with E-state index in [1.54, 1.807) is 17.5 Å². The van der Waals surface area contributed by atoms with Crippen LogP contribution in [0.25, 0.3) is 0 Å². The molecule has 0 atom stereocenters. The van der Waals surface area contributed by atoms with Crippen LogP contribution in [-0.2, 0) is 13.0 Å². The molecule has 3 rings (SSSR count). The van der Waals surface area contributed by atoms with Gasteiger partial charge in [-0.2, -0.15) is 0 Å². The Balaban J connectivity index is 1.67. The highest BCUT2D eigenvalue weighted by Gasteiger charge is 2.16. The van der Waals surface area contributed by atoms with Gasteiger partial charge in [-0.1, -0.05) is 42.1 Å². The minimum atomic E-state index is 0.175. The Morgan fingerprint density at radius 2 is 2.04 bits per heavy atom. The molecule has 124 valence electrons. The molecule has 3 nitrogen and oxygen atoms in total. The lowest BCUT2D eigenvalue weighted by Crippen LogP contribution is -2.08. The van der Waals surface area contributed by atoms with E-state index < -0.39 is 0 Å². The minimum absolute atomic E-state index is 0.175. The van der Waals surface area contributed by atoms with Gasteiger partial charge in [-0.25, -0.2) is 4.98 Å². The van der Waals surface area contributed by atoms with Crippen LogP contribution in [0.3, 0.4) is 0 Å². The smallest absolute Gasteiger partial charge is 0.174 e. The first-order chi connectivity index (χ1) is 11.6. The van der Waals surface area contributed by atoms with Crippen molar-refractivity contribution in [3.63, 3.8) is 0 Å². The zero-order valence-corrected chi connectivity index (χ0v) is 15.5. The van der Waals surface area contributed by atoms with E-state index in [9.17, 15) is 4.79 Å². The molecule has 0 aliphatic carbocycles. The summed E-state index contributed by atoms with van der Waals surface area (Å²) in [6.07, 6.45) is 2.74. The molecule has 2 heterocycles. The zero-order valence-electron chi connectivity index (χ0n) is 13.9. The normalized spacial score (nSPS) is 10.9. The molecule has 0 N–H and O–H groups in total. The van der Waals surface area contributed by atoms with E-state index in [0.29, 0.717) is 5.75 Å². The lowest BCUT2D eigenvalue weighted by atomic mass is 10.1. The number of ketones is 1. The second-order valence-electron chi connectivity index (χ2n) is 5.68. The second kappa shape index (κ2) is 7.81. The van der Waals surface area contributed by atoms with Crippen molar-refractivity contribution in [2.24, 2.45) is 0 Å². The summed E-state index contributed by atoms with van der Waals surface area (Å²) in [4.78, 5) is 16.8. The van der Waals surface area contributed by atoms with E-state index in [4.69, 9.17) is 0 Å². The third-order valence-corrected chi connectivity index (χ3v) is 6.04. The predicted octanol–water partition coefficient (Wildman–Crippen LogP) is 4.78. The molecule has 24 heavy (non-hydrogen) atoms. The lowest BCUT2D eigenvalue weighted by molar-refractivity contribution is 0.102. The molecule has 0 aliphatic heterocycles. The first-order valence-electron chi connectivity index (χ1n) is 7.91. The van der Waals surface area contributed by atoms with Crippen molar-refractivity contribution in [3.8, 4) is 0 Å². The highest BCUT2D eigenvalue weighted by Crippen LogP contribution is 2.23. The van der Waals surface area contributed by atoms with Crippen LogP contribution in [0.5, 0.6) is 0 Å². The Hall–Kier alpha value is -1.85. The molecule has 0 unspecified atom stereocenters. The maximum absolute atomic E-state index is 12.5. The van der Waals surface area contributed by atoms with Crippen LogP contribution in [0.2, 0.25) is 0 Å². The molecule has 0 saturated carbocycles. The fourth-order valence-corrected chi connectivity index (χ4v) is 4.32. The van der Waals surface area contributed by atoms with Crippen molar-refractivity contribution < 1.29 is 4.79 Å². The summed E-state index contributed by atoms with van der Waals surface area (Å²) < 4.78 is 3.19. The van der Waals surface area contributed by atoms with Crippen LogP contribution >= 0.6 is 23.1 Å². The topological polar surface area (TPSA) is 34.9 Å². The van der Waals surface area contributed by atoms with E-state index in [1.165, 1.54) is 17.3 Å². The van der Waals surface area contributed by atoms with Crippen LogP contribution in [0.1, 0.15) is 27.3 Å². The lowest BCUT2D eigenvalue weighted by Gasteiger charge is -2.10. The second-order valence-corrected chi connectivity index (χ2v) is 7.80. The fourth-order valence-electron chi connectivity index (χ4n) is 2.80. The van der Waals surface area contributed by atoms with Gasteiger partial charge in [0, 0.05) is 35.1 Å². The number of hydrogen-bond donors (Lipinski definition) is 0. The first kappa shape index (κ1) is 17.0. The van der Waals surface area contributed by atoms with E-state index in [0.717, 1.165) is 34.3 Å². The van der Waals surface area contributed by atoms with Crippen molar-refractivity contribution in [2.75, 3.05) is 5.75 Å². The standard InChI is InChI=1S/C19H20N2OS2/c1-14-12-17(18(22)13-24-19-20-9-11-23-19)15(2)21(14)10-8-16-6-4-3-5-7-16/h3-7,9,11-12H,8,10,13H2,1-2H3. The molecule has 0 bridgehead atoms. The van der Waals surface area contributed by atoms with Gasteiger partial charge in [0.1, 0.15) is 4.34 Å². The molecule has 0 aliphatic rings. The van der Waals surface area contributed by atoms with Crippen molar-refractivity contribution in [2.45, 2.75) is 31.2 Å². The molecule has 5 heteroatoms. The third kappa shape index (κ3) is 3.97. The minimum Gasteiger partial charge on any atom is -0.348 e.